The van der Waals surface area contributed by atoms with Crippen molar-refractivity contribution in [3.63, 3.8) is 0 Å². The smallest absolute Gasteiger partial charge is 0.260 e. The number of nitrogens with zero attached hydrogens (tertiary/aromatic N) is 2. The number of aromatic nitrogens is 2. The van der Waals surface area contributed by atoms with E-state index in [-0.39, 0.29) is 0 Å². The molecule has 2 heterocycles. The van der Waals surface area contributed by atoms with Gasteiger partial charge < -0.3 is 10.3 Å². The summed E-state index contributed by atoms with van der Waals surface area (Å²) >= 11 is 1.60. The van der Waals surface area contributed by atoms with E-state index in [2.05, 4.69) is 30.1 Å². The van der Waals surface area contributed by atoms with Crippen LogP contribution in [0.4, 0.5) is 5.00 Å². The zero-order valence-corrected chi connectivity index (χ0v) is 12.9. The predicted molar refractivity (Wildman–Crippen MR) is 81.8 cm³/mol. The van der Waals surface area contributed by atoms with Crippen molar-refractivity contribution in [1.82, 2.24) is 10.1 Å². The summed E-state index contributed by atoms with van der Waals surface area (Å²) < 4.78 is 5.44. The molecule has 2 aromatic rings. The van der Waals surface area contributed by atoms with Gasteiger partial charge in [-0.2, -0.15) is 4.98 Å². The van der Waals surface area contributed by atoms with Gasteiger partial charge in [-0.15, -0.1) is 11.3 Å². The van der Waals surface area contributed by atoms with E-state index in [1.54, 1.807) is 11.3 Å². The lowest BCUT2D eigenvalue weighted by Gasteiger charge is -2.23. The molecule has 0 spiro atoms. The quantitative estimate of drug-likeness (QED) is 0.918. The molecule has 1 fully saturated rings. The Hall–Kier alpha value is -1.36. The highest BCUT2D eigenvalue weighted by atomic mass is 32.1. The maximum atomic E-state index is 6.05. The Balaban J connectivity index is 1.84. The van der Waals surface area contributed by atoms with Crippen LogP contribution in [-0.4, -0.2) is 10.1 Å². The van der Waals surface area contributed by atoms with Crippen LogP contribution >= 0.6 is 11.3 Å². The topological polar surface area (TPSA) is 64.9 Å². The minimum Gasteiger partial charge on any atom is -0.390 e. The largest absolute Gasteiger partial charge is 0.390 e. The van der Waals surface area contributed by atoms with Crippen molar-refractivity contribution in [2.45, 2.75) is 51.9 Å². The summed E-state index contributed by atoms with van der Waals surface area (Å²) in [5.74, 6) is 2.64. The number of aryl methyl sites for hydroxylation is 1. The van der Waals surface area contributed by atoms with Crippen molar-refractivity contribution in [3.8, 4) is 11.5 Å². The van der Waals surface area contributed by atoms with Gasteiger partial charge in [0.15, 0.2) is 5.82 Å². The molecule has 2 N–H and O–H groups in total. The Morgan fingerprint density at radius 1 is 1.45 bits per heavy atom. The maximum absolute atomic E-state index is 6.05. The maximum Gasteiger partial charge on any atom is 0.260 e. The molecule has 3 rings (SSSR count). The fourth-order valence-electron chi connectivity index (χ4n) is 2.98. The molecule has 20 heavy (non-hydrogen) atoms. The molecule has 5 heteroatoms. The monoisotopic (exact) mass is 291 g/mol. The van der Waals surface area contributed by atoms with Crippen LogP contribution in [0.15, 0.2) is 10.6 Å². The van der Waals surface area contributed by atoms with Gasteiger partial charge in [-0.1, -0.05) is 31.8 Å². The van der Waals surface area contributed by atoms with Gasteiger partial charge in [-0.25, -0.2) is 0 Å². The van der Waals surface area contributed by atoms with Gasteiger partial charge in [0.1, 0.15) is 0 Å². The molecule has 1 aliphatic carbocycles. The Kier molecular flexibility index (Phi) is 3.78. The standard InChI is InChI=1S/C15H21N3OS/c1-3-11-8-12(13(16)20-11)15-17-14(18-19-15)10-6-4-5-9(2)7-10/h8-10H,3-7,16H2,1-2H3. The van der Waals surface area contributed by atoms with E-state index >= 15 is 0 Å². The number of hydrogen-bond acceptors (Lipinski definition) is 5. The molecule has 0 amide bonds. The van der Waals surface area contributed by atoms with Crippen molar-refractivity contribution in [2.24, 2.45) is 5.92 Å². The van der Waals surface area contributed by atoms with Crippen molar-refractivity contribution in [2.75, 3.05) is 5.73 Å². The average molecular weight is 291 g/mol. The van der Waals surface area contributed by atoms with Crippen LogP contribution in [0.25, 0.3) is 11.5 Å². The number of hydrogen-bond donors (Lipinski definition) is 1. The summed E-state index contributed by atoms with van der Waals surface area (Å²) in [5, 5.41) is 4.96. The van der Waals surface area contributed by atoms with Crippen LogP contribution in [0.5, 0.6) is 0 Å². The van der Waals surface area contributed by atoms with Crippen molar-refractivity contribution in [1.29, 1.82) is 0 Å². The Morgan fingerprint density at radius 3 is 3.00 bits per heavy atom. The number of thiophene rings is 1. The molecule has 2 aromatic heterocycles. The molecule has 0 saturated heterocycles. The second-order valence-electron chi connectivity index (χ2n) is 5.77. The van der Waals surface area contributed by atoms with Crippen LogP contribution < -0.4 is 5.73 Å². The molecular weight excluding hydrogens is 270 g/mol. The number of nitrogens with two attached hydrogens (primary N) is 1. The number of anilines is 1. The molecule has 4 nitrogen and oxygen atoms in total. The first-order valence-electron chi connectivity index (χ1n) is 7.39. The van der Waals surface area contributed by atoms with Gasteiger partial charge in [-0.3, -0.25) is 0 Å². The van der Waals surface area contributed by atoms with Crippen LogP contribution in [0.1, 0.15) is 56.2 Å². The van der Waals surface area contributed by atoms with Gasteiger partial charge in [-0.05, 0) is 31.2 Å². The average Bonchev–Trinajstić information content (AvgIpc) is 3.05. The fourth-order valence-corrected chi connectivity index (χ4v) is 3.84. The third-order valence-electron chi connectivity index (χ3n) is 4.13. The zero-order chi connectivity index (χ0) is 14.1. The van der Waals surface area contributed by atoms with E-state index in [1.165, 1.54) is 24.1 Å². The molecule has 0 aliphatic heterocycles. The lowest BCUT2D eigenvalue weighted by atomic mass is 9.82. The van der Waals surface area contributed by atoms with E-state index in [1.807, 2.05) is 0 Å². The first kappa shape index (κ1) is 13.6. The molecule has 2 unspecified atom stereocenters. The van der Waals surface area contributed by atoms with Crippen molar-refractivity contribution >= 4 is 16.3 Å². The van der Waals surface area contributed by atoms with Gasteiger partial charge in [0, 0.05) is 10.8 Å². The summed E-state index contributed by atoms with van der Waals surface area (Å²) in [6, 6.07) is 2.07. The molecule has 108 valence electrons. The van der Waals surface area contributed by atoms with Gasteiger partial charge in [0.25, 0.3) is 5.89 Å². The zero-order valence-electron chi connectivity index (χ0n) is 12.1. The molecule has 2 atom stereocenters. The summed E-state index contributed by atoms with van der Waals surface area (Å²) in [7, 11) is 0. The van der Waals surface area contributed by atoms with Crippen molar-refractivity contribution < 1.29 is 4.52 Å². The minimum atomic E-state index is 0.446. The highest BCUT2D eigenvalue weighted by Crippen LogP contribution is 2.37. The first-order chi connectivity index (χ1) is 9.67. The Labute approximate surface area is 123 Å². The van der Waals surface area contributed by atoms with E-state index in [4.69, 9.17) is 10.3 Å². The second kappa shape index (κ2) is 5.56. The van der Waals surface area contributed by atoms with Crippen molar-refractivity contribution in [3.05, 3.63) is 16.8 Å². The first-order valence-corrected chi connectivity index (χ1v) is 8.21. The van der Waals surface area contributed by atoms with E-state index in [0.29, 0.717) is 11.8 Å². The van der Waals surface area contributed by atoms with E-state index in [0.717, 1.165) is 35.1 Å². The van der Waals surface area contributed by atoms with Crippen LogP contribution in [-0.2, 0) is 6.42 Å². The Morgan fingerprint density at radius 2 is 2.30 bits per heavy atom. The van der Waals surface area contributed by atoms with Crippen LogP contribution in [0.2, 0.25) is 0 Å². The molecule has 0 radical (unpaired) electrons. The van der Waals surface area contributed by atoms with Gasteiger partial charge in [0.2, 0.25) is 0 Å². The molecule has 1 aliphatic rings. The summed E-state index contributed by atoms with van der Waals surface area (Å²) in [5.41, 5.74) is 6.95. The Bertz CT molecular complexity index is 590. The van der Waals surface area contributed by atoms with Gasteiger partial charge >= 0.3 is 0 Å². The fraction of sp³-hybridized carbons (Fsp3) is 0.600. The summed E-state index contributed by atoms with van der Waals surface area (Å²) in [6.45, 7) is 4.43. The normalized spacial score (nSPS) is 23.1. The lowest BCUT2D eigenvalue weighted by Crippen LogP contribution is -2.12. The minimum absolute atomic E-state index is 0.446. The van der Waals surface area contributed by atoms with Crippen LogP contribution in [0, 0.1) is 5.92 Å². The molecule has 0 bridgehead atoms. The highest BCUT2D eigenvalue weighted by Gasteiger charge is 2.25. The molecule has 1 saturated carbocycles. The SMILES string of the molecule is CCc1cc(-c2nc(C3CCCC(C)C3)no2)c(N)s1. The van der Waals surface area contributed by atoms with Gasteiger partial charge in [0.05, 0.1) is 10.6 Å². The van der Waals surface area contributed by atoms with E-state index in [9.17, 15) is 0 Å². The van der Waals surface area contributed by atoms with Crippen LogP contribution in [0.3, 0.4) is 0 Å². The third-order valence-corrected chi connectivity index (χ3v) is 5.24. The summed E-state index contributed by atoms with van der Waals surface area (Å²) in [6.07, 6.45) is 5.89. The lowest BCUT2D eigenvalue weighted by molar-refractivity contribution is 0.324. The summed E-state index contributed by atoms with van der Waals surface area (Å²) in [4.78, 5) is 5.85. The highest BCUT2D eigenvalue weighted by molar-refractivity contribution is 7.16. The van der Waals surface area contributed by atoms with E-state index < -0.39 is 0 Å². The second-order valence-corrected chi connectivity index (χ2v) is 6.94. The third kappa shape index (κ3) is 2.59. The molecular formula is C15H21N3OS. The molecule has 0 aromatic carbocycles. The number of rotatable bonds is 3. The predicted octanol–water partition coefficient (Wildman–Crippen LogP) is 4.24. The number of nitrogen functional groups attached to an aromatic ring is 1.